The number of carbonyl (C=O) groups is 1. The van der Waals surface area contributed by atoms with Gasteiger partial charge in [-0.1, -0.05) is 5.16 Å². The van der Waals surface area contributed by atoms with Crippen LogP contribution in [0.3, 0.4) is 0 Å². The summed E-state index contributed by atoms with van der Waals surface area (Å²) in [5.74, 6) is 1.25. The SMILES string of the molecule is COc1ccc(-c2ccc(C(=O)NCCCc3c(C)noc3C)cn2)cn1. The number of carbonyl (C=O) groups excluding carboxylic acids is 1. The van der Waals surface area contributed by atoms with Crippen molar-refractivity contribution in [2.24, 2.45) is 0 Å². The second-order valence-electron chi connectivity index (χ2n) is 6.18. The van der Waals surface area contributed by atoms with Crippen LogP contribution >= 0.6 is 0 Å². The van der Waals surface area contributed by atoms with E-state index in [0.29, 0.717) is 18.0 Å². The Morgan fingerprint density at radius 3 is 2.59 bits per heavy atom. The number of hydrogen-bond donors (Lipinski definition) is 1. The van der Waals surface area contributed by atoms with Crippen LogP contribution in [0.25, 0.3) is 11.3 Å². The van der Waals surface area contributed by atoms with Crippen molar-refractivity contribution < 1.29 is 14.1 Å². The van der Waals surface area contributed by atoms with Gasteiger partial charge in [0.2, 0.25) is 5.88 Å². The summed E-state index contributed by atoms with van der Waals surface area (Å²) in [4.78, 5) is 20.8. The number of rotatable bonds is 7. The molecule has 0 fully saturated rings. The third-order valence-corrected chi connectivity index (χ3v) is 4.34. The molecule has 0 radical (unpaired) electrons. The predicted octanol–water partition coefficient (Wildman–Crippen LogP) is 3.12. The van der Waals surface area contributed by atoms with Crippen LogP contribution < -0.4 is 10.1 Å². The number of nitrogens with zero attached hydrogens (tertiary/aromatic N) is 3. The number of aryl methyl sites for hydroxylation is 2. The van der Waals surface area contributed by atoms with E-state index >= 15 is 0 Å². The van der Waals surface area contributed by atoms with Crippen LogP contribution in [0.1, 0.15) is 33.8 Å². The fraction of sp³-hybridized carbons (Fsp3) is 0.300. The zero-order valence-electron chi connectivity index (χ0n) is 15.7. The monoisotopic (exact) mass is 366 g/mol. The van der Waals surface area contributed by atoms with Crippen LogP contribution in [-0.4, -0.2) is 34.7 Å². The summed E-state index contributed by atoms with van der Waals surface area (Å²) >= 11 is 0. The van der Waals surface area contributed by atoms with Crippen molar-refractivity contribution in [1.82, 2.24) is 20.4 Å². The molecule has 1 amide bonds. The maximum Gasteiger partial charge on any atom is 0.252 e. The van der Waals surface area contributed by atoms with Gasteiger partial charge in [0.25, 0.3) is 5.91 Å². The van der Waals surface area contributed by atoms with Crippen molar-refractivity contribution in [2.45, 2.75) is 26.7 Å². The summed E-state index contributed by atoms with van der Waals surface area (Å²) in [6.07, 6.45) is 4.90. The van der Waals surface area contributed by atoms with Gasteiger partial charge in [0.15, 0.2) is 0 Å². The van der Waals surface area contributed by atoms with Crippen molar-refractivity contribution in [3.8, 4) is 17.1 Å². The molecule has 0 aliphatic heterocycles. The Labute approximate surface area is 157 Å². The first kappa shape index (κ1) is 18.6. The van der Waals surface area contributed by atoms with Gasteiger partial charge in [-0.15, -0.1) is 0 Å². The summed E-state index contributed by atoms with van der Waals surface area (Å²) in [6, 6.07) is 7.22. The quantitative estimate of drug-likeness (QED) is 0.646. The minimum absolute atomic E-state index is 0.138. The highest BCUT2D eigenvalue weighted by atomic mass is 16.5. The van der Waals surface area contributed by atoms with E-state index in [-0.39, 0.29) is 5.91 Å². The third kappa shape index (κ3) is 4.49. The van der Waals surface area contributed by atoms with E-state index in [1.54, 1.807) is 31.6 Å². The van der Waals surface area contributed by atoms with Crippen LogP contribution in [0.5, 0.6) is 5.88 Å². The summed E-state index contributed by atoms with van der Waals surface area (Å²) in [6.45, 7) is 4.41. The molecule has 1 N–H and O–H groups in total. The number of methoxy groups -OCH3 is 1. The number of aromatic nitrogens is 3. The highest BCUT2D eigenvalue weighted by Gasteiger charge is 2.10. The number of ether oxygens (including phenoxy) is 1. The van der Waals surface area contributed by atoms with Gasteiger partial charge in [-0.3, -0.25) is 9.78 Å². The maximum atomic E-state index is 12.3. The number of hydrogen-bond acceptors (Lipinski definition) is 6. The summed E-state index contributed by atoms with van der Waals surface area (Å²) in [7, 11) is 1.57. The molecule has 3 rings (SSSR count). The van der Waals surface area contributed by atoms with E-state index in [9.17, 15) is 4.79 Å². The normalized spacial score (nSPS) is 10.6. The Bertz CT molecular complexity index is 882. The van der Waals surface area contributed by atoms with Crippen molar-refractivity contribution in [2.75, 3.05) is 13.7 Å². The van der Waals surface area contributed by atoms with E-state index in [2.05, 4.69) is 20.4 Å². The molecule has 3 aromatic heterocycles. The Morgan fingerprint density at radius 2 is 2.00 bits per heavy atom. The van der Waals surface area contributed by atoms with Gasteiger partial charge < -0.3 is 14.6 Å². The highest BCUT2D eigenvalue weighted by Crippen LogP contribution is 2.18. The summed E-state index contributed by atoms with van der Waals surface area (Å²) in [5, 5.41) is 6.85. The lowest BCUT2D eigenvalue weighted by Gasteiger charge is -2.06. The van der Waals surface area contributed by atoms with Gasteiger partial charge in [-0.05, 0) is 44.9 Å². The van der Waals surface area contributed by atoms with E-state index in [0.717, 1.165) is 41.1 Å². The molecule has 0 unspecified atom stereocenters. The Hall–Kier alpha value is -3.22. The minimum atomic E-state index is -0.138. The molecule has 7 heteroatoms. The molecule has 0 saturated heterocycles. The van der Waals surface area contributed by atoms with Gasteiger partial charge in [-0.2, -0.15) is 0 Å². The van der Waals surface area contributed by atoms with Crippen LogP contribution in [0.4, 0.5) is 0 Å². The molecule has 0 spiro atoms. The molecule has 7 nitrogen and oxygen atoms in total. The Morgan fingerprint density at radius 1 is 1.15 bits per heavy atom. The Kier molecular flexibility index (Phi) is 5.80. The lowest BCUT2D eigenvalue weighted by atomic mass is 10.1. The van der Waals surface area contributed by atoms with Crippen molar-refractivity contribution in [3.63, 3.8) is 0 Å². The highest BCUT2D eigenvalue weighted by molar-refractivity contribution is 5.94. The van der Waals surface area contributed by atoms with E-state index in [4.69, 9.17) is 9.26 Å². The van der Waals surface area contributed by atoms with Crippen molar-refractivity contribution >= 4 is 5.91 Å². The molecule has 0 aromatic carbocycles. The molecule has 3 aromatic rings. The fourth-order valence-electron chi connectivity index (χ4n) is 2.78. The second-order valence-corrected chi connectivity index (χ2v) is 6.18. The van der Waals surface area contributed by atoms with Gasteiger partial charge in [0, 0.05) is 36.1 Å². The number of pyridine rings is 2. The zero-order valence-corrected chi connectivity index (χ0v) is 15.7. The largest absolute Gasteiger partial charge is 0.481 e. The van der Waals surface area contributed by atoms with Crippen molar-refractivity contribution in [3.05, 3.63) is 59.2 Å². The molecule has 3 heterocycles. The van der Waals surface area contributed by atoms with E-state index in [1.807, 2.05) is 26.0 Å². The predicted molar refractivity (Wildman–Crippen MR) is 101 cm³/mol. The van der Waals surface area contributed by atoms with Gasteiger partial charge in [0.1, 0.15) is 5.76 Å². The second kappa shape index (κ2) is 8.44. The molecular weight excluding hydrogens is 344 g/mol. The van der Waals surface area contributed by atoms with Crippen LogP contribution in [-0.2, 0) is 6.42 Å². The molecule has 0 bridgehead atoms. The van der Waals surface area contributed by atoms with Crippen LogP contribution in [0.15, 0.2) is 41.2 Å². The minimum Gasteiger partial charge on any atom is -0.481 e. The van der Waals surface area contributed by atoms with Crippen LogP contribution in [0, 0.1) is 13.8 Å². The first-order valence-corrected chi connectivity index (χ1v) is 8.75. The van der Waals surface area contributed by atoms with E-state index in [1.165, 1.54) is 0 Å². The zero-order chi connectivity index (χ0) is 19.2. The molecule has 140 valence electrons. The lowest BCUT2D eigenvalue weighted by Crippen LogP contribution is -2.24. The van der Waals surface area contributed by atoms with E-state index < -0.39 is 0 Å². The van der Waals surface area contributed by atoms with Gasteiger partial charge >= 0.3 is 0 Å². The van der Waals surface area contributed by atoms with Crippen molar-refractivity contribution in [1.29, 1.82) is 0 Å². The molecule has 0 aliphatic rings. The average molecular weight is 366 g/mol. The smallest absolute Gasteiger partial charge is 0.252 e. The van der Waals surface area contributed by atoms with Gasteiger partial charge in [-0.25, -0.2) is 4.98 Å². The van der Waals surface area contributed by atoms with Gasteiger partial charge in [0.05, 0.1) is 24.1 Å². The summed E-state index contributed by atoms with van der Waals surface area (Å²) < 4.78 is 10.2. The molecular formula is C20H22N4O3. The molecule has 0 saturated carbocycles. The maximum absolute atomic E-state index is 12.3. The molecule has 0 atom stereocenters. The fourth-order valence-corrected chi connectivity index (χ4v) is 2.78. The topological polar surface area (TPSA) is 90.1 Å². The molecule has 27 heavy (non-hydrogen) atoms. The standard InChI is InChI=1S/C20H22N4O3/c1-13-17(14(2)27-24-13)5-4-10-21-20(25)16-6-8-18(22-12-16)15-7-9-19(26-3)23-11-15/h6-9,11-12H,4-5,10H2,1-3H3,(H,21,25). The Balaban J connectivity index is 1.52. The number of nitrogens with one attached hydrogen (secondary N) is 1. The third-order valence-electron chi connectivity index (χ3n) is 4.34. The number of amides is 1. The first-order chi connectivity index (χ1) is 13.1. The molecule has 0 aliphatic carbocycles. The first-order valence-electron chi connectivity index (χ1n) is 8.75. The van der Waals surface area contributed by atoms with Crippen LogP contribution in [0.2, 0.25) is 0 Å². The summed E-state index contributed by atoms with van der Waals surface area (Å²) in [5.41, 5.74) is 4.16. The average Bonchev–Trinajstić information content (AvgIpc) is 3.03. The lowest BCUT2D eigenvalue weighted by molar-refractivity contribution is 0.0953.